The van der Waals surface area contributed by atoms with Crippen LogP contribution in [0.1, 0.15) is 43.1 Å². The van der Waals surface area contributed by atoms with Crippen LogP contribution in [-0.2, 0) is 12.3 Å². The van der Waals surface area contributed by atoms with Crippen LogP contribution >= 0.6 is 22.9 Å². The highest BCUT2D eigenvalue weighted by Crippen LogP contribution is 2.43. The van der Waals surface area contributed by atoms with Gasteiger partial charge in [0.05, 0.1) is 11.6 Å². The van der Waals surface area contributed by atoms with Crippen LogP contribution in [0.4, 0.5) is 0 Å². The largest absolute Gasteiger partial charge is 0.483 e. The fraction of sp³-hybridized carbons (Fsp3) is 0.438. The molecule has 3 rings (SSSR count). The molecular formula is C16H18ClNO2S. The molecule has 1 aromatic carbocycles. The standard InChI is InChI=1S/C16H18ClNO2S/c1-10(15-18-12(8-17)9-21-15)19-13-6-4-5-11-7-16(2,3)20-14(11)13/h4-6,9-10H,7-8H2,1-3H3. The maximum atomic E-state index is 6.07. The number of alkyl halides is 1. The number of hydrogen-bond donors (Lipinski definition) is 0. The molecule has 0 spiro atoms. The van der Waals surface area contributed by atoms with E-state index >= 15 is 0 Å². The number of halogens is 1. The van der Waals surface area contributed by atoms with Crippen molar-refractivity contribution in [1.82, 2.24) is 4.98 Å². The molecule has 2 aromatic rings. The molecule has 0 saturated heterocycles. The Bertz CT molecular complexity index is 653. The number of nitrogens with zero attached hydrogens (tertiary/aromatic N) is 1. The maximum Gasteiger partial charge on any atom is 0.165 e. The van der Waals surface area contributed by atoms with Crippen molar-refractivity contribution in [2.75, 3.05) is 0 Å². The summed E-state index contributed by atoms with van der Waals surface area (Å²) in [4.78, 5) is 4.47. The summed E-state index contributed by atoms with van der Waals surface area (Å²) in [5.74, 6) is 2.08. The Labute approximate surface area is 133 Å². The van der Waals surface area contributed by atoms with Gasteiger partial charge in [0.1, 0.15) is 16.7 Å². The van der Waals surface area contributed by atoms with Gasteiger partial charge in [-0.2, -0.15) is 0 Å². The zero-order chi connectivity index (χ0) is 15.0. The van der Waals surface area contributed by atoms with Crippen LogP contribution in [0.2, 0.25) is 0 Å². The molecule has 0 aliphatic carbocycles. The van der Waals surface area contributed by atoms with Gasteiger partial charge in [-0.25, -0.2) is 4.98 Å². The zero-order valence-corrected chi connectivity index (χ0v) is 13.9. The van der Waals surface area contributed by atoms with Crippen LogP contribution < -0.4 is 9.47 Å². The lowest BCUT2D eigenvalue weighted by molar-refractivity contribution is 0.127. The van der Waals surface area contributed by atoms with Crippen LogP contribution in [0.15, 0.2) is 23.6 Å². The molecule has 1 atom stereocenters. The van der Waals surface area contributed by atoms with E-state index in [1.807, 2.05) is 24.4 Å². The lowest BCUT2D eigenvalue weighted by atomic mass is 10.0. The van der Waals surface area contributed by atoms with E-state index < -0.39 is 0 Å². The summed E-state index contributed by atoms with van der Waals surface area (Å²) < 4.78 is 12.1. The quantitative estimate of drug-likeness (QED) is 0.762. The van der Waals surface area contributed by atoms with Gasteiger partial charge in [0.2, 0.25) is 0 Å². The Morgan fingerprint density at radius 3 is 3.00 bits per heavy atom. The number of hydrogen-bond acceptors (Lipinski definition) is 4. The fourth-order valence-corrected chi connectivity index (χ4v) is 3.52. The molecule has 0 N–H and O–H groups in total. The highest BCUT2D eigenvalue weighted by Gasteiger charge is 2.32. The van der Waals surface area contributed by atoms with Crippen molar-refractivity contribution >= 4 is 22.9 Å². The van der Waals surface area contributed by atoms with E-state index in [1.54, 1.807) is 11.3 Å². The Hall–Kier alpha value is -1.26. The third-order valence-corrected chi connectivity index (χ3v) is 4.74. The first kappa shape index (κ1) is 14.7. The lowest BCUT2D eigenvalue weighted by Gasteiger charge is -2.19. The highest BCUT2D eigenvalue weighted by atomic mass is 35.5. The van der Waals surface area contributed by atoms with E-state index in [9.17, 15) is 0 Å². The fourth-order valence-electron chi connectivity index (χ4n) is 2.49. The molecule has 2 heterocycles. The molecule has 0 saturated carbocycles. The van der Waals surface area contributed by atoms with Gasteiger partial charge in [-0.1, -0.05) is 12.1 Å². The van der Waals surface area contributed by atoms with Gasteiger partial charge in [0.15, 0.2) is 11.5 Å². The van der Waals surface area contributed by atoms with Crippen molar-refractivity contribution in [1.29, 1.82) is 0 Å². The van der Waals surface area contributed by atoms with Crippen molar-refractivity contribution in [2.24, 2.45) is 0 Å². The van der Waals surface area contributed by atoms with Crippen molar-refractivity contribution in [3.8, 4) is 11.5 Å². The molecule has 0 fully saturated rings. The zero-order valence-electron chi connectivity index (χ0n) is 12.4. The molecule has 1 aromatic heterocycles. The van der Waals surface area contributed by atoms with Crippen molar-refractivity contribution in [3.63, 3.8) is 0 Å². The molecule has 21 heavy (non-hydrogen) atoms. The predicted octanol–water partition coefficient (Wildman–Crippen LogP) is 4.74. The van der Waals surface area contributed by atoms with Crippen LogP contribution in [-0.4, -0.2) is 10.6 Å². The Morgan fingerprint density at radius 2 is 2.29 bits per heavy atom. The number of ether oxygens (including phenoxy) is 2. The number of rotatable bonds is 4. The average molecular weight is 324 g/mol. The topological polar surface area (TPSA) is 31.4 Å². The maximum absolute atomic E-state index is 6.07. The van der Waals surface area contributed by atoms with E-state index in [1.165, 1.54) is 5.56 Å². The van der Waals surface area contributed by atoms with E-state index in [4.69, 9.17) is 21.1 Å². The van der Waals surface area contributed by atoms with Gasteiger partial charge in [-0.05, 0) is 26.8 Å². The van der Waals surface area contributed by atoms with E-state index in [0.717, 1.165) is 28.6 Å². The predicted molar refractivity (Wildman–Crippen MR) is 85.6 cm³/mol. The molecule has 0 amide bonds. The first-order valence-electron chi connectivity index (χ1n) is 6.96. The van der Waals surface area contributed by atoms with E-state index in [2.05, 4.69) is 24.9 Å². The molecule has 0 radical (unpaired) electrons. The summed E-state index contributed by atoms with van der Waals surface area (Å²) >= 11 is 7.37. The number of thiazole rings is 1. The monoisotopic (exact) mass is 323 g/mol. The average Bonchev–Trinajstić information content (AvgIpc) is 3.01. The third kappa shape index (κ3) is 3.01. The normalized spacial score (nSPS) is 17.1. The Kier molecular flexibility index (Phi) is 3.84. The SMILES string of the molecule is CC(Oc1cccc2c1OC(C)(C)C2)c1nc(CCl)cs1. The van der Waals surface area contributed by atoms with E-state index in [-0.39, 0.29) is 11.7 Å². The molecule has 1 aliphatic heterocycles. The molecule has 3 nitrogen and oxygen atoms in total. The summed E-state index contributed by atoms with van der Waals surface area (Å²) in [5, 5.41) is 2.90. The second-order valence-electron chi connectivity index (χ2n) is 5.85. The smallest absolute Gasteiger partial charge is 0.165 e. The molecule has 5 heteroatoms. The van der Waals surface area contributed by atoms with E-state index in [0.29, 0.717) is 5.88 Å². The van der Waals surface area contributed by atoms with Crippen LogP contribution in [0.3, 0.4) is 0 Å². The minimum absolute atomic E-state index is 0.120. The van der Waals surface area contributed by atoms with Crippen molar-refractivity contribution in [3.05, 3.63) is 39.8 Å². The lowest BCUT2D eigenvalue weighted by Crippen LogP contribution is -2.24. The Balaban J connectivity index is 1.82. The van der Waals surface area contributed by atoms with Crippen LogP contribution in [0.25, 0.3) is 0 Å². The summed E-state index contributed by atoms with van der Waals surface area (Å²) in [6.45, 7) is 6.18. The van der Waals surface area contributed by atoms with Gasteiger partial charge in [-0.3, -0.25) is 0 Å². The van der Waals surface area contributed by atoms with Gasteiger partial charge in [-0.15, -0.1) is 22.9 Å². The first-order valence-corrected chi connectivity index (χ1v) is 8.38. The summed E-state index contributed by atoms with van der Waals surface area (Å²) in [6, 6.07) is 6.06. The van der Waals surface area contributed by atoms with Crippen LogP contribution in [0, 0.1) is 0 Å². The number of fused-ring (bicyclic) bond motifs is 1. The highest BCUT2D eigenvalue weighted by molar-refractivity contribution is 7.09. The minimum atomic E-state index is -0.169. The summed E-state index contributed by atoms with van der Waals surface area (Å²) in [7, 11) is 0. The molecule has 1 aliphatic rings. The molecule has 1 unspecified atom stereocenters. The third-order valence-electron chi connectivity index (χ3n) is 3.41. The number of aromatic nitrogens is 1. The molecule has 112 valence electrons. The molecular weight excluding hydrogens is 306 g/mol. The summed E-state index contributed by atoms with van der Waals surface area (Å²) in [6.07, 6.45) is 0.785. The number of para-hydroxylation sites is 1. The van der Waals surface area contributed by atoms with Gasteiger partial charge in [0.25, 0.3) is 0 Å². The van der Waals surface area contributed by atoms with Crippen LogP contribution in [0.5, 0.6) is 11.5 Å². The summed E-state index contributed by atoms with van der Waals surface area (Å²) in [5.41, 5.74) is 1.92. The Morgan fingerprint density at radius 1 is 1.48 bits per heavy atom. The number of benzene rings is 1. The van der Waals surface area contributed by atoms with Gasteiger partial charge < -0.3 is 9.47 Å². The second kappa shape index (κ2) is 5.50. The molecule has 0 bridgehead atoms. The van der Waals surface area contributed by atoms with Crippen molar-refractivity contribution in [2.45, 2.75) is 44.8 Å². The van der Waals surface area contributed by atoms with Gasteiger partial charge >= 0.3 is 0 Å². The van der Waals surface area contributed by atoms with Gasteiger partial charge in [0, 0.05) is 17.4 Å². The van der Waals surface area contributed by atoms with Crippen molar-refractivity contribution < 1.29 is 9.47 Å². The first-order chi connectivity index (χ1) is 9.98. The minimum Gasteiger partial charge on any atom is -0.483 e. The second-order valence-corrected chi connectivity index (χ2v) is 7.01.